The first kappa shape index (κ1) is 20.4. The third kappa shape index (κ3) is 4.44. The second-order valence-electron chi connectivity index (χ2n) is 5.56. The Morgan fingerprint density at radius 2 is 1.46 bits per heavy atom. The standard InChI is InChI=1S/C22H16O5.H2O/c1-4-21(23)26-17-9-6-15(7-10-17)19-12-16-8-11-18(27-22(24)5-2)13-20(16)25-14(19)3;/h4-13H,1-3H2;1H2. The van der Waals surface area contributed by atoms with Crippen LogP contribution in [-0.4, -0.2) is 17.4 Å². The van der Waals surface area contributed by atoms with E-state index in [2.05, 4.69) is 19.7 Å². The van der Waals surface area contributed by atoms with Crippen LogP contribution in [0.4, 0.5) is 0 Å². The average Bonchev–Trinajstić information content (AvgIpc) is 2.68. The van der Waals surface area contributed by atoms with Gasteiger partial charge in [-0.3, -0.25) is 0 Å². The molecule has 0 radical (unpaired) electrons. The van der Waals surface area contributed by atoms with Crippen LogP contribution in [0.3, 0.4) is 0 Å². The largest absolute Gasteiger partial charge is 0.457 e. The molecule has 3 rings (SSSR count). The van der Waals surface area contributed by atoms with Crippen molar-refractivity contribution >= 4 is 23.6 Å². The molecule has 0 amide bonds. The Balaban J connectivity index is 0.00000280. The highest BCUT2D eigenvalue weighted by atomic mass is 16.5. The van der Waals surface area contributed by atoms with Gasteiger partial charge in [-0.15, -0.1) is 0 Å². The Kier molecular flexibility index (Phi) is 6.31. The van der Waals surface area contributed by atoms with E-state index in [-0.39, 0.29) is 5.48 Å². The van der Waals surface area contributed by atoms with E-state index >= 15 is 0 Å². The second kappa shape index (κ2) is 8.66. The lowest BCUT2D eigenvalue weighted by molar-refractivity contribution is -0.129. The summed E-state index contributed by atoms with van der Waals surface area (Å²) in [5.74, 6) is 0.699. The molecule has 28 heavy (non-hydrogen) atoms. The number of fused-ring (bicyclic) bond motifs is 1. The summed E-state index contributed by atoms with van der Waals surface area (Å²) in [5.41, 5.74) is 2.46. The minimum Gasteiger partial charge on any atom is -0.457 e. The molecule has 6 heteroatoms. The number of rotatable bonds is 5. The zero-order valence-corrected chi connectivity index (χ0v) is 14.9. The maximum absolute atomic E-state index is 11.3. The van der Waals surface area contributed by atoms with E-state index in [4.69, 9.17) is 14.2 Å². The first-order valence-electron chi connectivity index (χ1n) is 8.02. The molecule has 0 saturated heterocycles. The highest BCUT2D eigenvalue weighted by Gasteiger charge is 2.18. The molecule has 0 aliphatic carbocycles. The number of benzene rings is 2. The summed E-state index contributed by atoms with van der Waals surface area (Å²) in [5, 5.41) is 0. The van der Waals surface area contributed by atoms with Crippen LogP contribution in [0.15, 0.2) is 80.1 Å². The number of ether oxygens (including phenoxy) is 3. The van der Waals surface area contributed by atoms with Gasteiger partial charge in [0.2, 0.25) is 0 Å². The summed E-state index contributed by atoms with van der Waals surface area (Å²) in [6.07, 6.45) is 4.11. The quantitative estimate of drug-likeness (QED) is 0.451. The van der Waals surface area contributed by atoms with Gasteiger partial charge in [0.15, 0.2) is 0 Å². The summed E-state index contributed by atoms with van der Waals surface area (Å²) >= 11 is 0. The summed E-state index contributed by atoms with van der Waals surface area (Å²) in [4.78, 5) is 22.6. The van der Waals surface area contributed by atoms with Crippen LogP contribution in [0.5, 0.6) is 17.2 Å². The lowest BCUT2D eigenvalue weighted by Gasteiger charge is -2.20. The normalized spacial score (nSPS) is 11.7. The molecular weight excluding hydrogens is 360 g/mol. The number of hydrogen-bond donors (Lipinski definition) is 0. The van der Waals surface area contributed by atoms with Gasteiger partial charge in [0.25, 0.3) is 0 Å². The number of esters is 2. The van der Waals surface area contributed by atoms with Crippen molar-refractivity contribution in [3.8, 4) is 17.2 Å². The van der Waals surface area contributed by atoms with Gasteiger partial charge in [-0.05, 0) is 35.9 Å². The van der Waals surface area contributed by atoms with Gasteiger partial charge in [0, 0.05) is 29.4 Å². The fourth-order valence-corrected chi connectivity index (χ4v) is 2.47. The number of carbonyl (C=O) groups is 2. The minimum absolute atomic E-state index is 0. The molecule has 6 nitrogen and oxygen atoms in total. The minimum atomic E-state index is -0.543. The predicted molar refractivity (Wildman–Crippen MR) is 106 cm³/mol. The van der Waals surface area contributed by atoms with Crippen molar-refractivity contribution in [3.63, 3.8) is 0 Å². The second-order valence-corrected chi connectivity index (χ2v) is 5.56. The zero-order chi connectivity index (χ0) is 19.4. The summed E-state index contributed by atoms with van der Waals surface area (Å²) < 4.78 is 15.9. The maximum Gasteiger partial charge on any atom is 0.335 e. The average molecular weight is 378 g/mol. The maximum atomic E-state index is 11.3. The molecule has 1 heterocycles. The summed E-state index contributed by atoms with van der Waals surface area (Å²) in [6.45, 7) is 10.7. The van der Waals surface area contributed by atoms with Crippen LogP contribution in [0.25, 0.3) is 11.6 Å². The lowest BCUT2D eigenvalue weighted by atomic mass is 9.98. The Labute approximate surface area is 162 Å². The highest BCUT2D eigenvalue weighted by Crippen LogP contribution is 2.38. The molecule has 2 N–H and O–H groups in total. The molecule has 0 unspecified atom stereocenters. The molecule has 1 aliphatic heterocycles. The Morgan fingerprint density at radius 1 is 0.893 bits per heavy atom. The topological polar surface area (TPSA) is 93.3 Å². The van der Waals surface area contributed by atoms with Gasteiger partial charge in [0.05, 0.1) is 0 Å². The Hall–Kier alpha value is -3.90. The van der Waals surface area contributed by atoms with Gasteiger partial charge in [0.1, 0.15) is 23.0 Å². The lowest BCUT2D eigenvalue weighted by Crippen LogP contribution is -2.07. The first-order chi connectivity index (χ1) is 13.0. The van der Waals surface area contributed by atoms with Gasteiger partial charge < -0.3 is 19.7 Å². The van der Waals surface area contributed by atoms with E-state index in [0.717, 1.165) is 28.9 Å². The van der Waals surface area contributed by atoms with E-state index in [1.807, 2.05) is 6.08 Å². The third-order valence-corrected chi connectivity index (χ3v) is 3.75. The zero-order valence-electron chi connectivity index (χ0n) is 14.9. The van der Waals surface area contributed by atoms with Gasteiger partial charge in [-0.25, -0.2) is 9.59 Å². The van der Waals surface area contributed by atoms with Crippen LogP contribution in [0.1, 0.15) is 11.1 Å². The van der Waals surface area contributed by atoms with E-state index in [0.29, 0.717) is 23.0 Å². The van der Waals surface area contributed by atoms with Gasteiger partial charge >= 0.3 is 11.9 Å². The highest BCUT2D eigenvalue weighted by molar-refractivity contribution is 5.93. The molecule has 2 aromatic rings. The van der Waals surface area contributed by atoms with Crippen molar-refractivity contribution in [1.29, 1.82) is 0 Å². The van der Waals surface area contributed by atoms with Crippen molar-refractivity contribution in [1.82, 2.24) is 0 Å². The van der Waals surface area contributed by atoms with Gasteiger partial charge in [-0.1, -0.05) is 31.9 Å². The molecule has 142 valence electrons. The smallest absolute Gasteiger partial charge is 0.335 e. The predicted octanol–water partition coefficient (Wildman–Crippen LogP) is 3.49. The van der Waals surface area contributed by atoms with Crippen molar-refractivity contribution in [2.75, 3.05) is 0 Å². The molecule has 2 aromatic carbocycles. The molecule has 0 fully saturated rings. The third-order valence-electron chi connectivity index (χ3n) is 3.75. The van der Waals surface area contributed by atoms with Crippen molar-refractivity contribution in [2.24, 2.45) is 0 Å². The monoisotopic (exact) mass is 378 g/mol. The SMILES string of the molecule is C=CC(=O)Oc1ccc(C2=Cc3ccc(OC(=O)C=C)cc3OC2=C)cc1.O. The number of carbonyl (C=O) groups excluding carboxylic acids is 2. The van der Waals surface area contributed by atoms with E-state index < -0.39 is 11.9 Å². The van der Waals surface area contributed by atoms with E-state index in [9.17, 15) is 9.59 Å². The fourth-order valence-electron chi connectivity index (χ4n) is 2.47. The Bertz CT molecular complexity index is 983. The molecule has 0 aromatic heterocycles. The number of hydrogen-bond acceptors (Lipinski definition) is 5. The van der Waals surface area contributed by atoms with Crippen molar-refractivity contribution in [2.45, 2.75) is 0 Å². The molecule has 1 aliphatic rings. The molecule has 0 bridgehead atoms. The first-order valence-corrected chi connectivity index (χ1v) is 8.02. The fraction of sp³-hybridized carbons (Fsp3) is 0. The van der Waals surface area contributed by atoms with Crippen LogP contribution < -0.4 is 14.2 Å². The Morgan fingerprint density at radius 3 is 2.07 bits per heavy atom. The number of allylic oxidation sites excluding steroid dienone is 1. The van der Waals surface area contributed by atoms with Crippen molar-refractivity contribution < 1.29 is 29.3 Å². The van der Waals surface area contributed by atoms with Crippen molar-refractivity contribution in [3.05, 3.63) is 91.2 Å². The van der Waals surface area contributed by atoms with Crippen LogP contribution in [-0.2, 0) is 9.59 Å². The van der Waals surface area contributed by atoms with Crippen LogP contribution in [0, 0.1) is 0 Å². The van der Waals surface area contributed by atoms with Gasteiger partial charge in [-0.2, -0.15) is 0 Å². The molecule has 0 atom stereocenters. The van der Waals surface area contributed by atoms with E-state index in [1.54, 1.807) is 42.5 Å². The molecule has 0 saturated carbocycles. The molecule has 0 spiro atoms. The van der Waals surface area contributed by atoms with Crippen LogP contribution >= 0.6 is 0 Å². The van der Waals surface area contributed by atoms with E-state index in [1.165, 1.54) is 0 Å². The summed E-state index contributed by atoms with van der Waals surface area (Å²) in [6, 6.07) is 12.0. The summed E-state index contributed by atoms with van der Waals surface area (Å²) in [7, 11) is 0. The molecular formula is C22H18O6. The van der Waals surface area contributed by atoms with Crippen LogP contribution in [0.2, 0.25) is 0 Å².